The molecule has 1 spiro atoms. The molecule has 8 unspecified atom stereocenters. The van der Waals surface area contributed by atoms with Crippen molar-refractivity contribution < 1.29 is 4.79 Å². The predicted molar refractivity (Wildman–Crippen MR) is 163 cm³/mol. The summed E-state index contributed by atoms with van der Waals surface area (Å²) in [5, 5.41) is 6.04. The summed E-state index contributed by atoms with van der Waals surface area (Å²) in [7, 11) is 3.75. The van der Waals surface area contributed by atoms with Crippen LogP contribution in [0.1, 0.15) is 126 Å². The molecule has 0 aromatic carbocycles. The predicted octanol–water partition coefficient (Wildman–Crippen LogP) is 6.97. The van der Waals surface area contributed by atoms with E-state index in [9.17, 15) is 4.79 Å². The van der Waals surface area contributed by atoms with Gasteiger partial charge in [-0.25, -0.2) is 0 Å². The van der Waals surface area contributed by atoms with Crippen LogP contribution in [0.4, 0.5) is 0 Å². The van der Waals surface area contributed by atoms with E-state index in [0.29, 0.717) is 22.3 Å². The van der Waals surface area contributed by atoms with Crippen molar-refractivity contribution in [2.75, 3.05) is 14.1 Å². The standard InChI is InChI=1S/C29H47NO.C2H7N.C2H6.H4N2/c1-7-22-11-13-23-24-12-8-19(4)28(15-14-20(5)30-26(31)18(2)3)17-29(24,28)25(21-9-10-21)16-27(22,23)6;1-3-2;2*1-2/h18-20,22-24H,7-17H2,1-6H3,(H,30,31);3H,1-2H3;1-2H3;1-2H2. The summed E-state index contributed by atoms with van der Waals surface area (Å²) in [5.41, 5.74) is 5.52. The third kappa shape index (κ3) is 5.77. The number of rotatable bonds is 6. The van der Waals surface area contributed by atoms with Crippen molar-refractivity contribution in [2.45, 2.75) is 132 Å². The normalized spacial score (nSPS) is 38.6. The number of carbonyl (C=O) groups excluding carboxylic acids is 1. The average Bonchev–Trinajstić information content (AvgIpc) is 3.82. The molecule has 0 heterocycles. The fourth-order valence-corrected chi connectivity index (χ4v) is 9.50. The van der Waals surface area contributed by atoms with Crippen LogP contribution in [0.15, 0.2) is 11.1 Å². The number of hydrazine groups is 1. The monoisotopic (exact) mass is 533 g/mol. The van der Waals surface area contributed by atoms with Crippen molar-refractivity contribution in [1.82, 2.24) is 10.6 Å². The van der Waals surface area contributed by atoms with Gasteiger partial charge in [-0.3, -0.25) is 16.5 Å². The second kappa shape index (κ2) is 13.6. The van der Waals surface area contributed by atoms with Crippen molar-refractivity contribution in [3.63, 3.8) is 0 Å². The number of amides is 1. The summed E-state index contributed by atoms with van der Waals surface area (Å²) >= 11 is 0. The molecule has 0 radical (unpaired) electrons. The highest BCUT2D eigenvalue weighted by Crippen LogP contribution is 2.86. The molecule has 222 valence electrons. The Labute approximate surface area is 236 Å². The van der Waals surface area contributed by atoms with Gasteiger partial charge in [0.25, 0.3) is 0 Å². The van der Waals surface area contributed by atoms with E-state index >= 15 is 0 Å². The Balaban J connectivity index is 0.000000665. The Morgan fingerprint density at radius 1 is 1.03 bits per heavy atom. The second-order valence-electron chi connectivity index (χ2n) is 13.5. The molecule has 6 N–H and O–H groups in total. The highest BCUT2D eigenvalue weighted by molar-refractivity contribution is 5.78. The van der Waals surface area contributed by atoms with Gasteiger partial charge in [-0.05, 0) is 120 Å². The first-order chi connectivity index (χ1) is 18.1. The second-order valence-corrected chi connectivity index (χ2v) is 13.5. The van der Waals surface area contributed by atoms with E-state index in [0.717, 1.165) is 30.1 Å². The van der Waals surface area contributed by atoms with Gasteiger partial charge in [0, 0.05) is 17.4 Å². The molecule has 5 rings (SSSR count). The first kappa shape index (κ1) is 33.3. The van der Waals surface area contributed by atoms with E-state index in [1.165, 1.54) is 64.2 Å². The van der Waals surface area contributed by atoms with Gasteiger partial charge in [0.2, 0.25) is 5.91 Å². The molecule has 0 aromatic heterocycles. The molecular formula is C33H64N4O. The summed E-state index contributed by atoms with van der Waals surface area (Å²) in [6.45, 7) is 18.0. The van der Waals surface area contributed by atoms with Gasteiger partial charge in [-0.2, -0.15) is 0 Å². The lowest BCUT2D eigenvalue weighted by Crippen LogP contribution is -2.49. The number of hydrogen-bond acceptors (Lipinski definition) is 4. The highest BCUT2D eigenvalue weighted by Gasteiger charge is 2.78. The van der Waals surface area contributed by atoms with E-state index in [-0.39, 0.29) is 11.8 Å². The van der Waals surface area contributed by atoms with Gasteiger partial charge in [0.05, 0.1) is 0 Å². The molecule has 5 aliphatic carbocycles. The quantitative estimate of drug-likeness (QED) is 0.169. The molecule has 0 saturated heterocycles. The van der Waals surface area contributed by atoms with Crippen molar-refractivity contribution in [3.05, 3.63) is 11.1 Å². The van der Waals surface area contributed by atoms with Crippen molar-refractivity contribution in [2.24, 2.45) is 57.5 Å². The Bertz CT molecular complexity index is 803. The van der Waals surface area contributed by atoms with E-state index in [2.05, 4.69) is 50.0 Å². The first-order valence-corrected chi connectivity index (χ1v) is 16.0. The first-order valence-electron chi connectivity index (χ1n) is 16.0. The van der Waals surface area contributed by atoms with E-state index in [4.69, 9.17) is 0 Å². The van der Waals surface area contributed by atoms with Crippen molar-refractivity contribution in [1.29, 1.82) is 0 Å². The lowest BCUT2D eigenvalue weighted by molar-refractivity contribution is -0.124. The number of hydrogen-bond donors (Lipinski definition) is 4. The summed E-state index contributed by atoms with van der Waals surface area (Å²) in [4.78, 5) is 12.2. The van der Waals surface area contributed by atoms with Gasteiger partial charge >= 0.3 is 0 Å². The fraction of sp³-hybridized carbons (Fsp3) is 0.909. The molecule has 5 nitrogen and oxygen atoms in total. The van der Waals surface area contributed by atoms with Crippen LogP contribution in [-0.2, 0) is 4.79 Å². The maximum atomic E-state index is 12.2. The van der Waals surface area contributed by atoms with Crippen LogP contribution in [0.2, 0.25) is 0 Å². The maximum absolute atomic E-state index is 12.2. The molecule has 5 aliphatic rings. The van der Waals surface area contributed by atoms with Crippen LogP contribution in [0, 0.1) is 45.8 Å². The minimum Gasteiger partial charge on any atom is -0.353 e. The highest BCUT2D eigenvalue weighted by atomic mass is 16.1. The third-order valence-electron chi connectivity index (χ3n) is 11.4. The third-order valence-corrected chi connectivity index (χ3v) is 11.4. The van der Waals surface area contributed by atoms with Crippen LogP contribution < -0.4 is 22.3 Å². The minimum atomic E-state index is 0.0852. The number of carbonyl (C=O) groups is 1. The molecule has 1 amide bonds. The molecule has 38 heavy (non-hydrogen) atoms. The Morgan fingerprint density at radius 2 is 1.61 bits per heavy atom. The molecule has 5 fully saturated rings. The van der Waals surface area contributed by atoms with Gasteiger partial charge in [0.15, 0.2) is 0 Å². The van der Waals surface area contributed by atoms with Gasteiger partial charge in [0.1, 0.15) is 0 Å². The number of allylic oxidation sites excluding steroid dienone is 2. The molecular weight excluding hydrogens is 468 g/mol. The largest absolute Gasteiger partial charge is 0.353 e. The smallest absolute Gasteiger partial charge is 0.222 e. The summed E-state index contributed by atoms with van der Waals surface area (Å²) in [5.74, 6) is 12.0. The van der Waals surface area contributed by atoms with Crippen LogP contribution in [0.25, 0.3) is 0 Å². The summed E-state index contributed by atoms with van der Waals surface area (Å²) in [6.07, 6.45) is 15.4. The lowest BCUT2D eigenvalue weighted by Gasteiger charge is -2.56. The average molecular weight is 533 g/mol. The van der Waals surface area contributed by atoms with Crippen LogP contribution in [-0.4, -0.2) is 26.0 Å². The lowest BCUT2D eigenvalue weighted by atomic mass is 9.49. The maximum Gasteiger partial charge on any atom is 0.222 e. The van der Waals surface area contributed by atoms with E-state index < -0.39 is 0 Å². The van der Waals surface area contributed by atoms with Crippen LogP contribution >= 0.6 is 0 Å². The molecule has 0 aliphatic heterocycles. The van der Waals surface area contributed by atoms with Crippen LogP contribution in [0.5, 0.6) is 0 Å². The Hall–Kier alpha value is -0.910. The number of nitrogens with two attached hydrogens (primary N) is 2. The minimum absolute atomic E-state index is 0.0852. The van der Waals surface area contributed by atoms with Crippen molar-refractivity contribution >= 4 is 5.91 Å². The topological polar surface area (TPSA) is 93.2 Å². The molecule has 0 aromatic rings. The summed E-state index contributed by atoms with van der Waals surface area (Å²) in [6, 6.07) is 0.302. The van der Waals surface area contributed by atoms with Crippen molar-refractivity contribution in [3.8, 4) is 0 Å². The molecule has 5 saturated carbocycles. The zero-order valence-electron chi connectivity index (χ0n) is 26.8. The van der Waals surface area contributed by atoms with Gasteiger partial charge in [-0.1, -0.05) is 66.0 Å². The van der Waals surface area contributed by atoms with Gasteiger partial charge < -0.3 is 10.6 Å². The fourth-order valence-electron chi connectivity index (χ4n) is 9.50. The number of fused-ring (bicyclic) bond motifs is 2. The van der Waals surface area contributed by atoms with Gasteiger partial charge in [-0.15, -0.1) is 0 Å². The van der Waals surface area contributed by atoms with Crippen LogP contribution in [0.3, 0.4) is 0 Å². The Morgan fingerprint density at radius 3 is 2.13 bits per heavy atom. The zero-order valence-corrected chi connectivity index (χ0v) is 26.8. The molecule has 5 heteroatoms. The zero-order chi connectivity index (χ0) is 28.9. The SMILES string of the molecule is CC.CCC1CCC2C3CCC(C)C4(CCC(C)NC(=O)C(C)C)CC34C(=C3CC3)CC12C.CNC.NN. The number of nitrogens with one attached hydrogen (secondary N) is 2. The molecule has 0 bridgehead atoms. The van der Waals surface area contributed by atoms with E-state index in [1.807, 2.05) is 52.9 Å². The Kier molecular flexibility index (Phi) is 11.9. The summed E-state index contributed by atoms with van der Waals surface area (Å²) < 4.78 is 0. The molecule has 8 atom stereocenters. The van der Waals surface area contributed by atoms with E-state index in [1.54, 1.807) is 0 Å².